The van der Waals surface area contributed by atoms with Gasteiger partial charge in [-0.15, -0.1) is 5.10 Å². The van der Waals surface area contributed by atoms with E-state index in [0.717, 1.165) is 18.2 Å². The maximum atomic E-state index is 13.0. The van der Waals surface area contributed by atoms with Crippen molar-refractivity contribution in [3.63, 3.8) is 0 Å². The number of halogens is 1. The van der Waals surface area contributed by atoms with Crippen LogP contribution in [0.2, 0.25) is 0 Å². The second-order valence-electron chi connectivity index (χ2n) is 3.37. The molecule has 0 aliphatic carbocycles. The molecule has 2 aromatic rings. The lowest BCUT2D eigenvalue weighted by Gasteiger charge is -2.02. The van der Waals surface area contributed by atoms with Gasteiger partial charge in [-0.3, -0.25) is 10.1 Å². The van der Waals surface area contributed by atoms with Crippen LogP contribution in [0.3, 0.4) is 0 Å². The highest BCUT2D eigenvalue weighted by molar-refractivity contribution is 5.40. The lowest BCUT2D eigenvalue weighted by Crippen LogP contribution is -2.04. The SMILES string of the molecule is Nc1cn(Cc2cc(F)ccc2[N+](=O)[O-])nn1. The Kier molecular flexibility index (Phi) is 2.69. The highest BCUT2D eigenvalue weighted by Crippen LogP contribution is 2.20. The van der Waals surface area contributed by atoms with E-state index in [9.17, 15) is 14.5 Å². The van der Waals surface area contributed by atoms with E-state index in [1.807, 2.05) is 0 Å². The summed E-state index contributed by atoms with van der Waals surface area (Å²) in [4.78, 5) is 10.2. The molecule has 0 aliphatic rings. The summed E-state index contributed by atoms with van der Waals surface area (Å²) in [5, 5.41) is 17.9. The van der Waals surface area contributed by atoms with Crippen LogP contribution in [0.15, 0.2) is 24.4 Å². The molecule has 8 heteroatoms. The van der Waals surface area contributed by atoms with Crippen molar-refractivity contribution in [2.24, 2.45) is 0 Å². The highest BCUT2D eigenvalue weighted by atomic mass is 19.1. The van der Waals surface area contributed by atoms with E-state index in [4.69, 9.17) is 5.73 Å². The van der Waals surface area contributed by atoms with Crippen molar-refractivity contribution in [3.8, 4) is 0 Å². The molecule has 0 aliphatic heterocycles. The van der Waals surface area contributed by atoms with Crippen molar-refractivity contribution >= 4 is 11.5 Å². The summed E-state index contributed by atoms with van der Waals surface area (Å²) in [6.45, 7) is 0.0400. The molecule has 0 bridgehead atoms. The third-order valence-electron chi connectivity index (χ3n) is 2.13. The number of nitro groups is 1. The first-order chi connectivity index (χ1) is 8.06. The van der Waals surface area contributed by atoms with Crippen LogP contribution < -0.4 is 5.73 Å². The second kappa shape index (κ2) is 4.16. The number of hydrogen-bond acceptors (Lipinski definition) is 5. The molecule has 17 heavy (non-hydrogen) atoms. The van der Waals surface area contributed by atoms with E-state index in [1.54, 1.807) is 0 Å². The molecule has 0 fully saturated rings. The van der Waals surface area contributed by atoms with Gasteiger partial charge < -0.3 is 5.73 Å². The Bertz CT molecular complexity index is 568. The monoisotopic (exact) mass is 237 g/mol. The van der Waals surface area contributed by atoms with Crippen molar-refractivity contribution in [2.75, 3.05) is 5.73 Å². The molecule has 7 nitrogen and oxygen atoms in total. The van der Waals surface area contributed by atoms with Gasteiger partial charge in [0.2, 0.25) is 0 Å². The minimum atomic E-state index is -0.574. The largest absolute Gasteiger partial charge is 0.381 e. The van der Waals surface area contributed by atoms with E-state index < -0.39 is 10.7 Å². The number of aromatic nitrogens is 3. The normalized spacial score (nSPS) is 10.4. The molecule has 0 amide bonds. The van der Waals surface area contributed by atoms with Crippen molar-refractivity contribution in [3.05, 3.63) is 45.9 Å². The topological polar surface area (TPSA) is 99.9 Å². The number of benzene rings is 1. The number of nitrogens with zero attached hydrogens (tertiary/aromatic N) is 4. The van der Waals surface area contributed by atoms with Crippen LogP contribution in [0.4, 0.5) is 15.9 Å². The van der Waals surface area contributed by atoms with Gasteiger partial charge in [0, 0.05) is 6.07 Å². The van der Waals surface area contributed by atoms with E-state index in [1.165, 1.54) is 10.9 Å². The van der Waals surface area contributed by atoms with Gasteiger partial charge >= 0.3 is 0 Å². The highest BCUT2D eigenvalue weighted by Gasteiger charge is 2.15. The Morgan fingerprint density at radius 1 is 1.53 bits per heavy atom. The average molecular weight is 237 g/mol. The summed E-state index contributed by atoms with van der Waals surface area (Å²) in [6, 6.07) is 3.25. The Labute approximate surface area is 94.8 Å². The second-order valence-corrected chi connectivity index (χ2v) is 3.37. The van der Waals surface area contributed by atoms with E-state index >= 15 is 0 Å². The molecular weight excluding hydrogens is 229 g/mol. The zero-order valence-electron chi connectivity index (χ0n) is 8.58. The number of anilines is 1. The van der Waals surface area contributed by atoms with Gasteiger partial charge in [0.05, 0.1) is 23.2 Å². The van der Waals surface area contributed by atoms with Crippen LogP contribution in [0.25, 0.3) is 0 Å². The quantitative estimate of drug-likeness (QED) is 0.632. The van der Waals surface area contributed by atoms with Gasteiger partial charge in [-0.1, -0.05) is 5.21 Å². The number of hydrogen-bond donors (Lipinski definition) is 1. The molecule has 0 atom stereocenters. The minimum Gasteiger partial charge on any atom is -0.381 e. The first kappa shape index (κ1) is 11.0. The van der Waals surface area contributed by atoms with Crippen molar-refractivity contribution < 1.29 is 9.31 Å². The lowest BCUT2D eigenvalue weighted by molar-refractivity contribution is -0.385. The first-order valence-electron chi connectivity index (χ1n) is 4.64. The fourth-order valence-corrected chi connectivity index (χ4v) is 1.42. The van der Waals surface area contributed by atoms with Gasteiger partial charge in [0.25, 0.3) is 5.69 Å². The lowest BCUT2D eigenvalue weighted by atomic mass is 10.2. The van der Waals surface area contributed by atoms with Crippen LogP contribution in [0.5, 0.6) is 0 Å². The van der Waals surface area contributed by atoms with Crippen LogP contribution >= 0.6 is 0 Å². The molecule has 1 heterocycles. The third-order valence-corrected chi connectivity index (χ3v) is 2.13. The molecule has 2 N–H and O–H groups in total. The standard InChI is InChI=1S/C9H8FN5O2/c10-7-1-2-8(15(16)17)6(3-7)4-14-5-9(11)12-13-14/h1-3,5H,4,11H2. The Morgan fingerprint density at radius 3 is 2.88 bits per heavy atom. The molecule has 1 aromatic carbocycles. The summed E-state index contributed by atoms with van der Waals surface area (Å²) >= 11 is 0. The van der Waals surface area contributed by atoms with Crippen LogP contribution in [0.1, 0.15) is 5.56 Å². The molecule has 1 aromatic heterocycles. The summed E-state index contributed by atoms with van der Waals surface area (Å²) < 4.78 is 14.3. The molecule has 88 valence electrons. The van der Waals surface area contributed by atoms with Gasteiger partial charge in [-0.2, -0.15) is 0 Å². The fourth-order valence-electron chi connectivity index (χ4n) is 1.42. The van der Waals surface area contributed by atoms with Gasteiger partial charge in [-0.05, 0) is 12.1 Å². The molecule has 0 spiro atoms. The Morgan fingerprint density at radius 2 is 2.29 bits per heavy atom. The van der Waals surface area contributed by atoms with Gasteiger partial charge in [0.1, 0.15) is 5.82 Å². The Hall–Kier alpha value is -2.51. The van der Waals surface area contributed by atoms with Gasteiger partial charge in [-0.25, -0.2) is 9.07 Å². The molecular formula is C9H8FN5O2. The van der Waals surface area contributed by atoms with Crippen LogP contribution in [0, 0.1) is 15.9 Å². The zero-order valence-corrected chi connectivity index (χ0v) is 8.58. The maximum absolute atomic E-state index is 13.0. The number of nitrogen functional groups attached to an aromatic ring is 1. The number of rotatable bonds is 3. The summed E-state index contributed by atoms with van der Waals surface area (Å²) in [5.41, 5.74) is 5.40. The summed E-state index contributed by atoms with van der Waals surface area (Å²) in [6.07, 6.45) is 1.41. The van der Waals surface area contributed by atoms with E-state index in [-0.39, 0.29) is 23.6 Å². The average Bonchev–Trinajstić information content (AvgIpc) is 2.63. The summed E-state index contributed by atoms with van der Waals surface area (Å²) in [7, 11) is 0. The molecule has 0 saturated carbocycles. The predicted molar refractivity (Wildman–Crippen MR) is 56.6 cm³/mol. The third kappa shape index (κ3) is 2.36. The zero-order chi connectivity index (χ0) is 12.4. The van der Waals surface area contributed by atoms with Crippen molar-refractivity contribution in [1.82, 2.24) is 15.0 Å². The van der Waals surface area contributed by atoms with Crippen molar-refractivity contribution in [2.45, 2.75) is 6.54 Å². The maximum Gasteiger partial charge on any atom is 0.274 e. The fraction of sp³-hybridized carbons (Fsp3) is 0.111. The predicted octanol–water partition coefficient (Wildman–Crippen LogP) is 0.956. The molecule has 0 unspecified atom stereocenters. The molecule has 0 saturated heterocycles. The van der Waals surface area contributed by atoms with Crippen LogP contribution in [-0.4, -0.2) is 19.9 Å². The van der Waals surface area contributed by atoms with E-state index in [2.05, 4.69) is 10.3 Å². The van der Waals surface area contributed by atoms with Crippen LogP contribution in [-0.2, 0) is 6.54 Å². The molecule has 0 radical (unpaired) electrons. The smallest absolute Gasteiger partial charge is 0.274 e. The minimum absolute atomic E-state index is 0.0400. The first-order valence-corrected chi connectivity index (χ1v) is 4.64. The Balaban J connectivity index is 2.37. The number of nitro benzene ring substituents is 1. The molecule has 2 rings (SSSR count). The van der Waals surface area contributed by atoms with Crippen molar-refractivity contribution in [1.29, 1.82) is 0 Å². The number of nitrogens with two attached hydrogens (primary N) is 1. The summed E-state index contributed by atoms with van der Waals surface area (Å²) in [5.74, 6) is -0.345. The van der Waals surface area contributed by atoms with Gasteiger partial charge in [0.15, 0.2) is 5.82 Å². The van der Waals surface area contributed by atoms with E-state index in [0.29, 0.717) is 0 Å².